The number of rotatable bonds is 4. The molecule has 0 radical (unpaired) electrons. The zero-order valence-corrected chi connectivity index (χ0v) is 14.5. The van der Waals surface area contributed by atoms with Crippen LogP contribution in [0.2, 0.25) is 0 Å². The lowest BCUT2D eigenvalue weighted by Gasteiger charge is -2.07. The topological polar surface area (TPSA) is 50.4 Å². The van der Waals surface area contributed by atoms with Crippen LogP contribution in [0, 0.1) is 6.92 Å². The summed E-state index contributed by atoms with van der Waals surface area (Å²) < 4.78 is 2.21. The van der Waals surface area contributed by atoms with Crippen molar-refractivity contribution in [3.63, 3.8) is 0 Å². The number of aromatic nitrogens is 2. The fourth-order valence-electron chi connectivity index (χ4n) is 3.03. The van der Waals surface area contributed by atoms with E-state index in [0.29, 0.717) is 5.56 Å². The predicted molar refractivity (Wildman–Crippen MR) is 105 cm³/mol. The van der Waals surface area contributed by atoms with Crippen LogP contribution >= 0.6 is 0 Å². The second-order valence-corrected chi connectivity index (χ2v) is 6.22. The molecule has 4 heteroatoms. The van der Waals surface area contributed by atoms with Crippen LogP contribution in [-0.4, -0.2) is 20.9 Å². The molecular weight excluding hydrogens is 322 g/mol. The number of benzene rings is 3. The van der Waals surface area contributed by atoms with Crippen LogP contribution in [0.15, 0.2) is 77.8 Å². The minimum absolute atomic E-state index is 0.223. The Labute approximate surface area is 152 Å². The molecule has 128 valence electrons. The van der Waals surface area contributed by atoms with Crippen molar-refractivity contribution < 1.29 is 5.11 Å². The molecule has 0 fully saturated rings. The molecular formula is C22H19N3O. The van der Waals surface area contributed by atoms with E-state index in [1.165, 1.54) is 5.56 Å². The Balaban J connectivity index is 1.65. The van der Waals surface area contributed by atoms with Crippen LogP contribution in [0.1, 0.15) is 17.0 Å². The molecule has 1 N–H and O–H groups in total. The molecule has 0 saturated carbocycles. The third-order valence-electron chi connectivity index (χ3n) is 4.40. The van der Waals surface area contributed by atoms with E-state index in [9.17, 15) is 5.11 Å². The van der Waals surface area contributed by atoms with Crippen LogP contribution in [0.5, 0.6) is 5.75 Å². The average molecular weight is 341 g/mol. The second kappa shape index (κ2) is 6.84. The normalized spacial score (nSPS) is 11.4. The Bertz CT molecular complexity index is 1080. The van der Waals surface area contributed by atoms with E-state index in [2.05, 4.69) is 44.9 Å². The maximum Gasteiger partial charge on any atom is 0.124 e. The summed E-state index contributed by atoms with van der Waals surface area (Å²) in [7, 11) is 0. The van der Waals surface area contributed by atoms with Crippen molar-refractivity contribution in [2.24, 2.45) is 4.99 Å². The van der Waals surface area contributed by atoms with E-state index in [1.54, 1.807) is 18.3 Å². The van der Waals surface area contributed by atoms with Crippen molar-refractivity contribution in [3.8, 4) is 5.75 Å². The Morgan fingerprint density at radius 3 is 2.58 bits per heavy atom. The molecule has 4 nitrogen and oxygen atoms in total. The Morgan fingerprint density at radius 1 is 1.00 bits per heavy atom. The number of fused-ring (bicyclic) bond motifs is 1. The van der Waals surface area contributed by atoms with Gasteiger partial charge in [0.1, 0.15) is 11.6 Å². The molecule has 1 aromatic heterocycles. The molecule has 0 atom stereocenters. The van der Waals surface area contributed by atoms with Gasteiger partial charge in [-0.2, -0.15) is 0 Å². The molecule has 26 heavy (non-hydrogen) atoms. The summed E-state index contributed by atoms with van der Waals surface area (Å²) in [5.41, 5.74) is 4.76. The van der Waals surface area contributed by atoms with Gasteiger partial charge in [0.05, 0.1) is 16.7 Å². The lowest BCUT2D eigenvalue weighted by molar-refractivity contribution is 0.474. The van der Waals surface area contributed by atoms with Gasteiger partial charge in [0.15, 0.2) is 0 Å². The summed E-state index contributed by atoms with van der Waals surface area (Å²) in [5.74, 6) is 1.20. The van der Waals surface area contributed by atoms with Crippen molar-refractivity contribution in [1.82, 2.24) is 9.55 Å². The van der Waals surface area contributed by atoms with E-state index < -0.39 is 0 Å². The largest absolute Gasteiger partial charge is 0.507 e. The highest BCUT2D eigenvalue weighted by atomic mass is 16.3. The number of hydrogen-bond acceptors (Lipinski definition) is 3. The summed E-state index contributed by atoms with van der Waals surface area (Å²) in [4.78, 5) is 9.16. The lowest BCUT2D eigenvalue weighted by atomic mass is 10.2. The first-order valence-electron chi connectivity index (χ1n) is 8.53. The zero-order chi connectivity index (χ0) is 17.9. The Morgan fingerprint density at radius 2 is 1.77 bits per heavy atom. The number of phenols is 1. The maximum absolute atomic E-state index is 9.83. The highest BCUT2D eigenvalue weighted by molar-refractivity contribution is 5.87. The number of imidazole rings is 1. The van der Waals surface area contributed by atoms with Crippen molar-refractivity contribution in [2.45, 2.75) is 13.5 Å². The predicted octanol–water partition coefficient (Wildman–Crippen LogP) is 4.85. The highest BCUT2D eigenvalue weighted by Gasteiger charge is 2.08. The van der Waals surface area contributed by atoms with Gasteiger partial charge in [-0.3, -0.25) is 4.99 Å². The standard InChI is InChI=1S/C22H19N3O/c1-16-24-20-13-19(23-14-18-9-5-6-10-22(18)26)11-12-21(20)25(16)15-17-7-3-2-4-8-17/h2-14,26H,15H2,1H3. The monoisotopic (exact) mass is 341 g/mol. The molecule has 1 heterocycles. The summed E-state index contributed by atoms with van der Waals surface area (Å²) >= 11 is 0. The molecule has 0 aliphatic heterocycles. The fourth-order valence-corrected chi connectivity index (χ4v) is 3.03. The summed E-state index contributed by atoms with van der Waals surface area (Å²) in [6, 6.07) is 23.5. The third kappa shape index (κ3) is 3.22. The van der Waals surface area contributed by atoms with Gasteiger partial charge in [0.25, 0.3) is 0 Å². The molecule has 4 rings (SSSR count). The van der Waals surface area contributed by atoms with Gasteiger partial charge in [-0.25, -0.2) is 4.98 Å². The quantitative estimate of drug-likeness (QED) is 0.540. The van der Waals surface area contributed by atoms with Gasteiger partial charge >= 0.3 is 0 Å². The van der Waals surface area contributed by atoms with E-state index in [-0.39, 0.29) is 5.75 Å². The van der Waals surface area contributed by atoms with E-state index in [0.717, 1.165) is 29.1 Å². The van der Waals surface area contributed by atoms with Gasteiger partial charge in [0, 0.05) is 18.3 Å². The average Bonchev–Trinajstić information content (AvgIpc) is 2.97. The first kappa shape index (κ1) is 16.1. The molecule has 4 aromatic rings. The number of aliphatic imine (C=N–C) groups is 1. The number of hydrogen-bond donors (Lipinski definition) is 1. The number of aryl methyl sites for hydroxylation is 1. The van der Waals surface area contributed by atoms with Gasteiger partial charge < -0.3 is 9.67 Å². The number of aromatic hydroxyl groups is 1. The summed E-state index contributed by atoms with van der Waals surface area (Å²) in [6.07, 6.45) is 1.67. The van der Waals surface area contributed by atoms with E-state index >= 15 is 0 Å². The van der Waals surface area contributed by atoms with Crippen LogP contribution in [0.25, 0.3) is 11.0 Å². The van der Waals surface area contributed by atoms with Gasteiger partial charge in [-0.05, 0) is 42.8 Å². The second-order valence-electron chi connectivity index (χ2n) is 6.22. The lowest BCUT2D eigenvalue weighted by Crippen LogP contribution is -2.01. The highest BCUT2D eigenvalue weighted by Crippen LogP contribution is 2.24. The molecule has 0 unspecified atom stereocenters. The summed E-state index contributed by atoms with van der Waals surface area (Å²) in [5, 5.41) is 9.83. The van der Waals surface area contributed by atoms with E-state index in [1.807, 2.05) is 37.3 Å². The number of phenolic OH excluding ortho intramolecular Hbond substituents is 1. The molecule has 0 amide bonds. The number of para-hydroxylation sites is 1. The van der Waals surface area contributed by atoms with E-state index in [4.69, 9.17) is 0 Å². The van der Waals surface area contributed by atoms with Crippen LogP contribution < -0.4 is 0 Å². The van der Waals surface area contributed by atoms with Gasteiger partial charge in [0.2, 0.25) is 0 Å². The van der Waals surface area contributed by atoms with Crippen molar-refractivity contribution in [1.29, 1.82) is 0 Å². The summed E-state index contributed by atoms with van der Waals surface area (Å²) in [6.45, 7) is 2.82. The first-order valence-corrected chi connectivity index (χ1v) is 8.53. The fraction of sp³-hybridized carbons (Fsp3) is 0.0909. The third-order valence-corrected chi connectivity index (χ3v) is 4.40. The van der Waals surface area contributed by atoms with Crippen LogP contribution in [0.4, 0.5) is 5.69 Å². The van der Waals surface area contributed by atoms with Crippen molar-refractivity contribution in [2.75, 3.05) is 0 Å². The number of nitrogens with zero attached hydrogens (tertiary/aromatic N) is 3. The van der Waals surface area contributed by atoms with Crippen LogP contribution in [-0.2, 0) is 6.54 Å². The van der Waals surface area contributed by atoms with Crippen molar-refractivity contribution in [3.05, 3.63) is 89.7 Å². The maximum atomic E-state index is 9.83. The molecule has 0 aliphatic carbocycles. The zero-order valence-electron chi connectivity index (χ0n) is 14.5. The van der Waals surface area contributed by atoms with Crippen molar-refractivity contribution >= 4 is 22.9 Å². The smallest absolute Gasteiger partial charge is 0.124 e. The molecule has 0 bridgehead atoms. The van der Waals surface area contributed by atoms with Gasteiger partial charge in [-0.1, -0.05) is 42.5 Å². The molecule has 0 spiro atoms. The molecule has 3 aromatic carbocycles. The minimum atomic E-state index is 0.223. The van der Waals surface area contributed by atoms with Gasteiger partial charge in [-0.15, -0.1) is 0 Å². The molecule has 0 aliphatic rings. The minimum Gasteiger partial charge on any atom is -0.507 e. The first-order chi connectivity index (χ1) is 12.7. The Hall–Kier alpha value is -3.40. The van der Waals surface area contributed by atoms with Crippen LogP contribution in [0.3, 0.4) is 0 Å². The molecule has 0 saturated heterocycles. The SMILES string of the molecule is Cc1nc2cc(N=Cc3ccccc3O)ccc2n1Cc1ccccc1. The Kier molecular flexibility index (Phi) is 4.23.